The molecular weight excluding hydrogens is 164 g/mol. The molecule has 1 saturated heterocycles. The van der Waals surface area contributed by atoms with Crippen LogP contribution in [0.5, 0.6) is 0 Å². The molecule has 2 rings (SSSR count). The smallest absolute Gasteiger partial charge is 0.239 e. The third-order valence-electron chi connectivity index (χ3n) is 2.92. The molecule has 1 saturated carbocycles. The van der Waals surface area contributed by atoms with E-state index in [9.17, 15) is 4.79 Å². The van der Waals surface area contributed by atoms with Crippen LogP contribution in [0.1, 0.15) is 32.6 Å². The van der Waals surface area contributed by atoms with E-state index >= 15 is 0 Å². The minimum atomic E-state index is 0.0286. The average molecular weight is 182 g/mol. The van der Waals surface area contributed by atoms with Crippen LogP contribution in [0, 0.1) is 0 Å². The van der Waals surface area contributed by atoms with E-state index in [2.05, 4.69) is 10.2 Å². The minimum Gasteiger partial charge on any atom is -0.338 e. The molecular formula is C10H18N2O. The molecule has 1 aliphatic heterocycles. The molecule has 1 atom stereocenters. The highest BCUT2D eigenvalue weighted by Crippen LogP contribution is 2.28. The lowest BCUT2D eigenvalue weighted by molar-refractivity contribution is -0.134. The van der Waals surface area contributed by atoms with Crippen LogP contribution in [-0.2, 0) is 4.79 Å². The lowest BCUT2D eigenvalue weighted by Gasteiger charge is -2.28. The molecule has 3 heteroatoms. The van der Waals surface area contributed by atoms with Gasteiger partial charge in [0.25, 0.3) is 0 Å². The Bertz CT molecular complexity index is 201. The van der Waals surface area contributed by atoms with Gasteiger partial charge in [-0.3, -0.25) is 4.79 Å². The van der Waals surface area contributed by atoms with E-state index in [1.807, 2.05) is 6.92 Å². The normalized spacial score (nSPS) is 31.3. The van der Waals surface area contributed by atoms with E-state index in [1.54, 1.807) is 0 Å². The summed E-state index contributed by atoms with van der Waals surface area (Å²) in [4.78, 5) is 13.9. The number of carbonyl (C=O) groups excluding carboxylic acids is 1. The summed E-state index contributed by atoms with van der Waals surface area (Å²) in [6.07, 6.45) is 4.79. The van der Waals surface area contributed by atoms with Crippen molar-refractivity contribution in [1.82, 2.24) is 10.2 Å². The lowest BCUT2D eigenvalue weighted by atomic mass is 10.2. The van der Waals surface area contributed by atoms with Gasteiger partial charge in [0.1, 0.15) is 0 Å². The van der Waals surface area contributed by atoms with Gasteiger partial charge in [-0.1, -0.05) is 0 Å². The van der Waals surface area contributed by atoms with Crippen molar-refractivity contribution in [2.45, 2.75) is 44.7 Å². The van der Waals surface area contributed by atoms with Crippen molar-refractivity contribution in [1.29, 1.82) is 0 Å². The summed E-state index contributed by atoms with van der Waals surface area (Å²) in [6, 6.07) is 0.607. The Hall–Kier alpha value is -0.570. The molecule has 0 radical (unpaired) electrons. The van der Waals surface area contributed by atoms with E-state index in [0.717, 1.165) is 19.5 Å². The van der Waals surface area contributed by atoms with Gasteiger partial charge in [0, 0.05) is 12.6 Å². The van der Waals surface area contributed by atoms with Crippen molar-refractivity contribution in [3.63, 3.8) is 0 Å². The molecule has 1 heterocycles. The maximum Gasteiger partial charge on any atom is 0.239 e. The topological polar surface area (TPSA) is 32.3 Å². The van der Waals surface area contributed by atoms with Gasteiger partial charge in [-0.25, -0.2) is 0 Å². The maximum atomic E-state index is 11.8. The summed E-state index contributed by atoms with van der Waals surface area (Å²) in [6.45, 7) is 3.95. The maximum absolute atomic E-state index is 11.8. The van der Waals surface area contributed by atoms with Gasteiger partial charge in [-0.2, -0.15) is 0 Å². The Kier molecular flexibility index (Phi) is 2.54. The van der Waals surface area contributed by atoms with Crippen molar-refractivity contribution in [3.05, 3.63) is 0 Å². The molecule has 3 nitrogen and oxygen atoms in total. The summed E-state index contributed by atoms with van der Waals surface area (Å²) in [7, 11) is 0. The summed E-state index contributed by atoms with van der Waals surface area (Å²) in [5, 5.41) is 3.26. The van der Waals surface area contributed by atoms with Gasteiger partial charge >= 0.3 is 0 Å². The summed E-state index contributed by atoms with van der Waals surface area (Å²) < 4.78 is 0. The fourth-order valence-corrected chi connectivity index (χ4v) is 1.92. The molecule has 1 amide bonds. The van der Waals surface area contributed by atoms with E-state index in [1.165, 1.54) is 19.3 Å². The molecule has 1 aliphatic carbocycles. The first-order chi connectivity index (χ1) is 6.29. The highest BCUT2D eigenvalue weighted by molar-refractivity contribution is 5.82. The Labute approximate surface area is 79.5 Å². The van der Waals surface area contributed by atoms with Crippen LogP contribution in [0.3, 0.4) is 0 Å². The molecule has 74 valence electrons. The molecule has 0 aromatic rings. The van der Waals surface area contributed by atoms with Crippen LogP contribution in [0.25, 0.3) is 0 Å². The van der Waals surface area contributed by atoms with Crippen LogP contribution >= 0.6 is 0 Å². The fraction of sp³-hybridized carbons (Fsp3) is 0.900. The Morgan fingerprint density at radius 1 is 1.38 bits per heavy atom. The van der Waals surface area contributed by atoms with E-state index in [-0.39, 0.29) is 6.04 Å². The largest absolute Gasteiger partial charge is 0.338 e. The molecule has 13 heavy (non-hydrogen) atoms. The Morgan fingerprint density at radius 2 is 2.15 bits per heavy atom. The van der Waals surface area contributed by atoms with Crippen molar-refractivity contribution in [3.8, 4) is 0 Å². The molecule has 2 aliphatic rings. The minimum absolute atomic E-state index is 0.0286. The van der Waals surface area contributed by atoms with E-state index < -0.39 is 0 Å². The monoisotopic (exact) mass is 182 g/mol. The van der Waals surface area contributed by atoms with Crippen LogP contribution in [0.2, 0.25) is 0 Å². The van der Waals surface area contributed by atoms with Crippen LogP contribution < -0.4 is 5.32 Å². The summed E-state index contributed by atoms with van der Waals surface area (Å²) >= 11 is 0. The zero-order valence-corrected chi connectivity index (χ0v) is 8.25. The third-order valence-corrected chi connectivity index (χ3v) is 2.92. The number of carbonyl (C=O) groups is 1. The second kappa shape index (κ2) is 3.66. The van der Waals surface area contributed by atoms with Crippen LogP contribution in [0.15, 0.2) is 0 Å². The molecule has 0 aromatic carbocycles. The van der Waals surface area contributed by atoms with Crippen molar-refractivity contribution >= 4 is 5.91 Å². The highest BCUT2D eigenvalue weighted by atomic mass is 16.2. The lowest BCUT2D eigenvalue weighted by Crippen LogP contribution is -2.48. The third kappa shape index (κ3) is 2.02. The molecule has 2 fully saturated rings. The van der Waals surface area contributed by atoms with Crippen molar-refractivity contribution < 1.29 is 4.79 Å². The van der Waals surface area contributed by atoms with E-state index in [4.69, 9.17) is 0 Å². The van der Waals surface area contributed by atoms with Crippen molar-refractivity contribution in [2.24, 2.45) is 0 Å². The first-order valence-electron chi connectivity index (χ1n) is 5.33. The van der Waals surface area contributed by atoms with Gasteiger partial charge in [0.15, 0.2) is 0 Å². The predicted molar refractivity (Wildman–Crippen MR) is 51.4 cm³/mol. The molecule has 0 aromatic heterocycles. The van der Waals surface area contributed by atoms with E-state index in [0.29, 0.717) is 11.9 Å². The number of nitrogens with one attached hydrogen (secondary N) is 1. The Morgan fingerprint density at radius 3 is 2.85 bits per heavy atom. The fourth-order valence-electron chi connectivity index (χ4n) is 1.92. The number of rotatable bonds is 1. The molecule has 1 unspecified atom stereocenters. The first kappa shape index (κ1) is 9.00. The standard InChI is InChI=1S/C10H18N2O/c1-8-10(13)12(9-4-5-9)7-3-2-6-11-8/h8-9,11H,2-7H2,1H3. The number of nitrogens with zero attached hydrogens (tertiary/aromatic N) is 1. The average Bonchev–Trinajstić information content (AvgIpc) is 2.90. The molecule has 1 N–H and O–H groups in total. The quantitative estimate of drug-likeness (QED) is 0.649. The zero-order chi connectivity index (χ0) is 9.26. The van der Waals surface area contributed by atoms with Crippen LogP contribution in [0.4, 0.5) is 0 Å². The second-order valence-corrected chi connectivity index (χ2v) is 4.15. The highest BCUT2D eigenvalue weighted by Gasteiger charge is 2.34. The van der Waals surface area contributed by atoms with Crippen molar-refractivity contribution in [2.75, 3.05) is 13.1 Å². The summed E-state index contributed by atoms with van der Waals surface area (Å²) in [5.74, 6) is 0.308. The van der Waals surface area contributed by atoms with Gasteiger partial charge in [-0.15, -0.1) is 0 Å². The Balaban J connectivity index is 1.99. The van der Waals surface area contributed by atoms with Crippen LogP contribution in [-0.4, -0.2) is 36.0 Å². The number of hydrogen-bond donors (Lipinski definition) is 1. The van der Waals surface area contributed by atoms with Gasteiger partial charge in [0.05, 0.1) is 6.04 Å². The molecule has 0 spiro atoms. The SMILES string of the molecule is CC1NCCCCN(C2CC2)C1=O. The van der Waals surface area contributed by atoms with Gasteiger partial charge in [0.2, 0.25) is 5.91 Å². The number of hydrogen-bond acceptors (Lipinski definition) is 2. The number of amides is 1. The predicted octanol–water partition coefficient (Wildman–Crippen LogP) is 0.749. The molecule has 0 bridgehead atoms. The second-order valence-electron chi connectivity index (χ2n) is 4.15. The van der Waals surface area contributed by atoms with Gasteiger partial charge in [-0.05, 0) is 39.2 Å². The van der Waals surface area contributed by atoms with Gasteiger partial charge < -0.3 is 10.2 Å². The first-order valence-corrected chi connectivity index (χ1v) is 5.33. The zero-order valence-electron chi connectivity index (χ0n) is 8.25. The summed E-state index contributed by atoms with van der Waals surface area (Å²) in [5.41, 5.74) is 0.